The predicted molar refractivity (Wildman–Crippen MR) is 64.3 cm³/mol. The summed E-state index contributed by atoms with van der Waals surface area (Å²) in [6.45, 7) is 0. The van der Waals surface area contributed by atoms with Crippen LogP contribution in [-0.2, 0) is 4.79 Å². The Morgan fingerprint density at radius 1 is 1.00 bits per heavy atom. The molecule has 0 saturated heterocycles. The highest BCUT2D eigenvalue weighted by Crippen LogP contribution is 2.32. The number of hydrogen-bond acceptors (Lipinski definition) is 4. The molecule has 2 saturated carbocycles. The molecule has 0 aromatic heterocycles. The second-order valence-corrected chi connectivity index (χ2v) is 5.65. The fourth-order valence-electron chi connectivity index (χ4n) is 3.16. The summed E-state index contributed by atoms with van der Waals surface area (Å²) in [6.07, 6.45) is 4.10. The molecule has 2 fully saturated rings. The van der Waals surface area contributed by atoms with Crippen LogP contribution in [0.3, 0.4) is 0 Å². The molecule has 0 heterocycles. The molecule has 0 amide bonds. The number of carbonyl (C=O) groups excluding carboxylic acids is 1. The third-order valence-corrected chi connectivity index (χ3v) is 4.33. The summed E-state index contributed by atoms with van der Waals surface area (Å²) in [4.78, 5) is 12.3. The topological polar surface area (TPSA) is 83.6 Å². The van der Waals surface area contributed by atoms with Crippen molar-refractivity contribution >= 4 is 5.78 Å². The van der Waals surface area contributed by atoms with E-state index in [1.807, 2.05) is 0 Å². The van der Waals surface area contributed by atoms with Gasteiger partial charge in [-0.3, -0.25) is 4.79 Å². The maximum absolute atomic E-state index is 12.3. The maximum atomic E-state index is 12.3. The quantitative estimate of drug-likeness (QED) is 0.661. The zero-order chi connectivity index (χ0) is 12.4. The minimum Gasteiger partial charge on any atom is -0.393 e. The SMILES string of the molecule is NC1CCC(C(=O)[C@@H]2CC[C@@H](O)C[C@@H]2O)CC1. The summed E-state index contributed by atoms with van der Waals surface area (Å²) in [7, 11) is 0. The van der Waals surface area contributed by atoms with Gasteiger partial charge in [0.2, 0.25) is 0 Å². The van der Waals surface area contributed by atoms with Gasteiger partial charge < -0.3 is 15.9 Å². The molecule has 0 aromatic rings. The Kier molecular flexibility index (Phi) is 4.17. The molecule has 17 heavy (non-hydrogen) atoms. The number of aliphatic hydroxyl groups excluding tert-OH is 2. The van der Waals surface area contributed by atoms with Crippen molar-refractivity contribution in [3.8, 4) is 0 Å². The summed E-state index contributed by atoms with van der Waals surface area (Å²) in [6, 6.07) is 0.247. The number of carbonyl (C=O) groups is 1. The van der Waals surface area contributed by atoms with E-state index in [1.54, 1.807) is 0 Å². The molecule has 0 bridgehead atoms. The van der Waals surface area contributed by atoms with Crippen molar-refractivity contribution < 1.29 is 15.0 Å². The zero-order valence-electron chi connectivity index (χ0n) is 10.2. The second kappa shape index (κ2) is 5.46. The first kappa shape index (κ1) is 13.0. The standard InChI is InChI=1S/C13H23NO3/c14-9-3-1-8(2-4-9)13(17)11-6-5-10(15)7-12(11)16/h8-12,15-16H,1-7,14H2/t8?,9?,10-,11-,12+/m1/s1. The monoisotopic (exact) mass is 241 g/mol. The van der Waals surface area contributed by atoms with Crippen LogP contribution in [0.15, 0.2) is 0 Å². The van der Waals surface area contributed by atoms with Crippen LogP contribution in [0.4, 0.5) is 0 Å². The van der Waals surface area contributed by atoms with Gasteiger partial charge in [-0.05, 0) is 44.9 Å². The van der Waals surface area contributed by atoms with Gasteiger partial charge in [0.05, 0.1) is 12.2 Å². The van der Waals surface area contributed by atoms with Crippen molar-refractivity contribution in [2.75, 3.05) is 0 Å². The smallest absolute Gasteiger partial charge is 0.141 e. The van der Waals surface area contributed by atoms with Crippen LogP contribution in [0.1, 0.15) is 44.9 Å². The average Bonchev–Trinajstić information content (AvgIpc) is 2.29. The van der Waals surface area contributed by atoms with Gasteiger partial charge in [-0.15, -0.1) is 0 Å². The first-order valence-corrected chi connectivity index (χ1v) is 6.73. The van der Waals surface area contributed by atoms with E-state index in [9.17, 15) is 15.0 Å². The summed E-state index contributed by atoms with van der Waals surface area (Å²) in [5.41, 5.74) is 5.83. The van der Waals surface area contributed by atoms with Crippen molar-refractivity contribution in [3.63, 3.8) is 0 Å². The van der Waals surface area contributed by atoms with Gasteiger partial charge >= 0.3 is 0 Å². The molecular formula is C13H23NO3. The molecule has 0 aliphatic heterocycles. The largest absolute Gasteiger partial charge is 0.393 e. The average molecular weight is 241 g/mol. The molecule has 4 heteroatoms. The molecule has 4 nitrogen and oxygen atoms in total. The molecule has 2 rings (SSSR count). The van der Waals surface area contributed by atoms with Gasteiger partial charge in [0, 0.05) is 17.9 Å². The second-order valence-electron chi connectivity index (χ2n) is 5.65. The van der Waals surface area contributed by atoms with Gasteiger partial charge in [0.25, 0.3) is 0 Å². The molecular weight excluding hydrogens is 218 g/mol. The van der Waals surface area contributed by atoms with Gasteiger partial charge in [-0.2, -0.15) is 0 Å². The van der Waals surface area contributed by atoms with Crippen LogP contribution in [0, 0.1) is 11.8 Å². The van der Waals surface area contributed by atoms with Crippen molar-refractivity contribution in [2.24, 2.45) is 17.6 Å². The van der Waals surface area contributed by atoms with Crippen molar-refractivity contribution in [2.45, 2.75) is 63.2 Å². The predicted octanol–water partition coefficient (Wildman–Crippen LogP) is 0.595. The lowest BCUT2D eigenvalue weighted by atomic mass is 9.74. The Bertz CT molecular complexity index is 274. The molecule has 2 aliphatic rings. The van der Waals surface area contributed by atoms with E-state index < -0.39 is 12.2 Å². The van der Waals surface area contributed by atoms with E-state index in [-0.39, 0.29) is 23.7 Å². The number of Topliss-reactive ketones (excluding diaryl/α,β-unsaturated/α-hetero) is 1. The lowest BCUT2D eigenvalue weighted by Gasteiger charge is -2.34. The number of ketones is 1. The van der Waals surface area contributed by atoms with E-state index in [1.165, 1.54) is 0 Å². The van der Waals surface area contributed by atoms with E-state index in [0.29, 0.717) is 19.3 Å². The number of hydrogen-bond donors (Lipinski definition) is 3. The molecule has 2 aliphatic carbocycles. The summed E-state index contributed by atoms with van der Waals surface area (Å²) < 4.78 is 0. The Balaban J connectivity index is 1.91. The van der Waals surface area contributed by atoms with Crippen LogP contribution < -0.4 is 5.73 Å². The molecule has 98 valence electrons. The van der Waals surface area contributed by atoms with Gasteiger partial charge in [-0.25, -0.2) is 0 Å². The molecule has 0 spiro atoms. The van der Waals surface area contributed by atoms with Crippen molar-refractivity contribution in [1.29, 1.82) is 0 Å². The fourth-order valence-corrected chi connectivity index (χ4v) is 3.16. The molecule has 0 radical (unpaired) electrons. The zero-order valence-corrected chi connectivity index (χ0v) is 10.2. The van der Waals surface area contributed by atoms with Crippen LogP contribution in [0.25, 0.3) is 0 Å². The first-order valence-electron chi connectivity index (χ1n) is 6.73. The van der Waals surface area contributed by atoms with Crippen molar-refractivity contribution in [3.05, 3.63) is 0 Å². The minimum absolute atomic E-state index is 0.0877. The van der Waals surface area contributed by atoms with Crippen LogP contribution in [-0.4, -0.2) is 34.2 Å². The van der Waals surface area contributed by atoms with Crippen LogP contribution >= 0.6 is 0 Å². The third-order valence-electron chi connectivity index (χ3n) is 4.33. The lowest BCUT2D eigenvalue weighted by molar-refractivity contribution is -0.134. The molecule has 4 N–H and O–H groups in total. The highest BCUT2D eigenvalue weighted by atomic mass is 16.3. The normalized spacial score (nSPS) is 43.4. The van der Waals surface area contributed by atoms with Gasteiger partial charge in [0.15, 0.2) is 0 Å². The highest BCUT2D eigenvalue weighted by molar-refractivity contribution is 5.84. The minimum atomic E-state index is -0.651. The number of nitrogens with two attached hydrogens (primary N) is 1. The molecule has 0 unspecified atom stereocenters. The van der Waals surface area contributed by atoms with E-state index in [2.05, 4.69) is 0 Å². The molecule has 0 aromatic carbocycles. The van der Waals surface area contributed by atoms with Crippen molar-refractivity contribution in [1.82, 2.24) is 0 Å². The Morgan fingerprint density at radius 2 is 1.65 bits per heavy atom. The lowest BCUT2D eigenvalue weighted by Crippen LogP contribution is -2.41. The van der Waals surface area contributed by atoms with Gasteiger partial charge in [-0.1, -0.05) is 0 Å². The third kappa shape index (κ3) is 3.06. The van der Waals surface area contributed by atoms with E-state index in [0.717, 1.165) is 25.7 Å². The summed E-state index contributed by atoms with van der Waals surface area (Å²) >= 11 is 0. The maximum Gasteiger partial charge on any atom is 0.141 e. The Morgan fingerprint density at radius 3 is 2.24 bits per heavy atom. The summed E-state index contributed by atoms with van der Waals surface area (Å²) in [5, 5.41) is 19.3. The Hall–Kier alpha value is -0.450. The number of aliphatic hydroxyl groups is 2. The van der Waals surface area contributed by atoms with Gasteiger partial charge in [0.1, 0.15) is 5.78 Å². The summed E-state index contributed by atoms with van der Waals surface area (Å²) in [5.74, 6) is 0.0405. The Labute approximate surface area is 102 Å². The highest BCUT2D eigenvalue weighted by Gasteiger charge is 2.37. The first-order chi connectivity index (χ1) is 8.08. The number of rotatable bonds is 2. The molecule has 3 atom stereocenters. The van der Waals surface area contributed by atoms with Crippen LogP contribution in [0.2, 0.25) is 0 Å². The van der Waals surface area contributed by atoms with E-state index >= 15 is 0 Å². The van der Waals surface area contributed by atoms with Crippen LogP contribution in [0.5, 0.6) is 0 Å². The van der Waals surface area contributed by atoms with E-state index in [4.69, 9.17) is 5.73 Å². The fraction of sp³-hybridized carbons (Fsp3) is 0.923.